The molecule has 1 fully saturated rings. The fourth-order valence-corrected chi connectivity index (χ4v) is 2.56. The molecule has 0 saturated carbocycles. The number of benzene rings is 1. The Bertz CT molecular complexity index is 427. The van der Waals surface area contributed by atoms with Gasteiger partial charge in [0.05, 0.1) is 10.6 Å². The van der Waals surface area contributed by atoms with E-state index >= 15 is 0 Å². The molecule has 1 aromatic rings. The van der Waals surface area contributed by atoms with Crippen LogP contribution in [0.15, 0.2) is 16.6 Å². The van der Waals surface area contributed by atoms with Gasteiger partial charge in [0.1, 0.15) is 11.6 Å². The fourth-order valence-electron chi connectivity index (χ4n) is 2.24. The molecule has 0 radical (unpaired) electrons. The highest BCUT2D eigenvalue weighted by Gasteiger charge is 2.32. The third-order valence-corrected chi connectivity index (χ3v) is 3.90. The molecule has 0 spiro atoms. The summed E-state index contributed by atoms with van der Waals surface area (Å²) < 4.78 is 32.7. The topological polar surface area (TPSA) is 35.2 Å². The molecule has 0 amide bonds. The van der Waals surface area contributed by atoms with Gasteiger partial charge in [0.25, 0.3) is 0 Å². The van der Waals surface area contributed by atoms with E-state index in [1.54, 1.807) is 0 Å². The fraction of sp³-hybridized carbons (Fsp3) is 0.500. The highest BCUT2D eigenvalue weighted by molar-refractivity contribution is 9.10. The molecule has 1 aliphatic rings. The van der Waals surface area contributed by atoms with E-state index in [-0.39, 0.29) is 22.1 Å². The van der Waals surface area contributed by atoms with Crippen molar-refractivity contribution in [1.82, 2.24) is 0 Å². The predicted octanol–water partition coefficient (Wildman–Crippen LogP) is 3.15. The summed E-state index contributed by atoms with van der Waals surface area (Å²) in [4.78, 5) is 0. The lowest BCUT2D eigenvalue weighted by molar-refractivity contribution is 0.0991. The Labute approximate surface area is 107 Å². The van der Waals surface area contributed by atoms with Crippen molar-refractivity contribution in [2.24, 2.45) is 11.7 Å². The highest BCUT2D eigenvalue weighted by Crippen LogP contribution is 2.34. The second-order valence-corrected chi connectivity index (χ2v) is 5.20. The molecular weight excluding hydrogens is 292 g/mol. The maximum absolute atomic E-state index is 13.7. The molecule has 5 heteroatoms. The first kappa shape index (κ1) is 12.9. The molecular formula is C12H14BrF2NO. The largest absolute Gasteiger partial charge is 0.378 e. The first-order valence-corrected chi connectivity index (χ1v) is 6.31. The van der Waals surface area contributed by atoms with Crippen LogP contribution in [0.4, 0.5) is 8.78 Å². The molecule has 0 bridgehead atoms. The van der Waals surface area contributed by atoms with Crippen molar-refractivity contribution in [2.75, 3.05) is 6.61 Å². The van der Waals surface area contributed by atoms with E-state index in [1.807, 2.05) is 6.92 Å². The smallest absolute Gasteiger partial charge is 0.137 e. The summed E-state index contributed by atoms with van der Waals surface area (Å²) in [5.41, 5.74) is 6.22. The second-order valence-electron chi connectivity index (χ2n) is 4.34. The van der Waals surface area contributed by atoms with E-state index in [2.05, 4.69) is 15.9 Å². The molecule has 2 nitrogen and oxygen atoms in total. The van der Waals surface area contributed by atoms with E-state index in [4.69, 9.17) is 10.5 Å². The minimum Gasteiger partial charge on any atom is -0.378 e. The molecule has 0 aromatic heterocycles. The highest BCUT2D eigenvalue weighted by atomic mass is 79.9. The van der Waals surface area contributed by atoms with Crippen LogP contribution in [0, 0.1) is 17.6 Å². The van der Waals surface area contributed by atoms with E-state index in [0.717, 1.165) is 18.6 Å². The SMILES string of the molecule is CC1OCCC1C(N)c1cc(F)c(Br)cc1F. The van der Waals surface area contributed by atoms with Gasteiger partial charge in [0, 0.05) is 24.1 Å². The molecule has 17 heavy (non-hydrogen) atoms. The van der Waals surface area contributed by atoms with E-state index in [1.165, 1.54) is 0 Å². The molecule has 3 atom stereocenters. The van der Waals surface area contributed by atoms with Gasteiger partial charge in [0.15, 0.2) is 0 Å². The number of ether oxygens (including phenoxy) is 1. The lowest BCUT2D eigenvalue weighted by Gasteiger charge is -2.22. The summed E-state index contributed by atoms with van der Waals surface area (Å²) in [6.07, 6.45) is 0.760. The lowest BCUT2D eigenvalue weighted by atomic mass is 9.89. The van der Waals surface area contributed by atoms with Gasteiger partial charge in [-0.05, 0) is 41.4 Å². The quantitative estimate of drug-likeness (QED) is 0.852. The van der Waals surface area contributed by atoms with Gasteiger partial charge in [0.2, 0.25) is 0 Å². The Morgan fingerprint density at radius 1 is 1.41 bits per heavy atom. The van der Waals surface area contributed by atoms with Crippen LogP contribution in [0.3, 0.4) is 0 Å². The first-order valence-electron chi connectivity index (χ1n) is 5.52. The van der Waals surface area contributed by atoms with Gasteiger partial charge in [-0.25, -0.2) is 8.78 Å². The normalized spacial score (nSPS) is 26.2. The van der Waals surface area contributed by atoms with Crippen molar-refractivity contribution in [3.63, 3.8) is 0 Å². The standard InChI is InChI=1S/C12H14BrF2NO/c1-6-7(2-3-17-6)12(16)8-4-11(15)9(13)5-10(8)14/h4-7,12H,2-3,16H2,1H3. The Hall–Kier alpha value is -0.520. The zero-order chi connectivity index (χ0) is 12.6. The van der Waals surface area contributed by atoms with Crippen molar-refractivity contribution in [2.45, 2.75) is 25.5 Å². The van der Waals surface area contributed by atoms with E-state index in [0.29, 0.717) is 6.61 Å². The number of nitrogens with two attached hydrogens (primary N) is 1. The van der Waals surface area contributed by atoms with Crippen molar-refractivity contribution in [3.8, 4) is 0 Å². The lowest BCUT2D eigenvalue weighted by Crippen LogP contribution is -2.27. The van der Waals surface area contributed by atoms with Gasteiger partial charge >= 0.3 is 0 Å². The molecule has 1 aromatic carbocycles. The zero-order valence-electron chi connectivity index (χ0n) is 9.42. The maximum Gasteiger partial charge on any atom is 0.137 e. The Morgan fingerprint density at radius 2 is 2.12 bits per heavy atom. The predicted molar refractivity (Wildman–Crippen MR) is 64.5 cm³/mol. The summed E-state index contributed by atoms with van der Waals surface area (Å²) >= 11 is 2.94. The average molecular weight is 306 g/mol. The average Bonchev–Trinajstić information content (AvgIpc) is 2.69. The van der Waals surface area contributed by atoms with Crippen LogP contribution in [0.25, 0.3) is 0 Å². The third kappa shape index (κ3) is 2.51. The van der Waals surface area contributed by atoms with Crippen LogP contribution < -0.4 is 5.73 Å². The van der Waals surface area contributed by atoms with Crippen LogP contribution in [-0.4, -0.2) is 12.7 Å². The monoisotopic (exact) mass is 305 g/mol. The molecule has 1 heterocycles. The van der Waals surface area contributed by atoms with Crippen LogP contribution in [0.2, 0.25) is 0 Å². The zero-order valence-corrected chi connectivity index (χ0v) is 11.0. The molecule has 2 rings (SSSR count). The van der Waals surface area contributed by atoms with Gasteiger partial charge in [-0.1, -0.05) is 0 Å². The van der Waals surface area contributed by atoms with Crippen LogP contribution in [0.5, 0.6) is 0 Å². The van der Waals surface area contributed by atoms with Gasteiger partial charge < -0.3 is 10.5 Å². The minimum absolute atomic E-state index is 0.0175. The van der Waals surface area contributed by atoms with Gasteiger partial charge in [-0.2, -0.15) is 0 Å². The van der Waals surface area contributed by atoms with Crippen molar-refractivity contribution in [1.29, 1.82) is 0 Å². The van der Waals surface area contributed by atoms with Crippen molar-refractivity contribution in [3.05, 3.63) is 33.8 Å². The second kappa shape index (κ2) is 5.00. The molecule has 1 aliphatic heterocycles. The Morgan fingerprint density at radius 3 is 2.71 bits per heavy atom. The molecule has 3 unspecified atom stereocenters. The molecule has 2 N–H and O–H groups in total. The summed E-state index contributed by atoms with van der Waals surface area (Å²) in [7, 11) is 0. The molecule has 0 aliphatic carbocycles. The summed E-state index contributed by atoms with van der Waals surface area (Å²) in [6, 6.07) is 1.75. The number of rotatable bonds is 2. The molecule has 94 valence electrons. The van der Waals surface area contributed by atoms with Gasteiger partial charge in [-0.3, -0.25) is 0 Å². The first-order chi connectivity index (χ1) is 8.00. The maximum atomic E-state index is 13.7. The number of halogens is 3. The Balaban J connectivity index is 2.30. The van der Waals surface area contributed by atoms with Crippen LogP contribution in [-0.2, 0) is 4.74 Å². The molecule has 1 saturated heterocycles. The number of hydrogen-bond donors (Lipinski definition) is 1. The Kier molecular flexibility index (Phi) is 3.80. The van der Waals surface area contributed by atoms with Crippen molar-refractivity contribution >= 4 is 15.9 Å². The summed E-state index contributed by atoms with van der Waals surface area (Å²) in [6.45, 7) is 2.53. The summed E-state index contributed by atoms with van der Waals surface area (Å²) in [5.74, 6) is -0.946. The van der Waals surface area contributed by atoms with E-state index in [9.17, 15) is 8.78 Å². The minimum atomic E-state index is -0.532. The van der Waals surface area contributed by atoms with Gasteiger partial charge in [-0.15, -0.1) is 0 Å². The van der Waals surface area contributed by atoms with Crippen LogP contribution in [0.1, 0.15) is 24.9 Å². The summed E-state index contributed by atoms with van der Waals surface area (Å²) in [5, 5.41) is 0. The van der Waals surface area contributed by atoms with E-state index < -0.39 is 17.7 Å². The van der Waals surface area contributed by atoms with Crippen molar-refractivity contribution < 1.29 is 13.5 Å². The van der Waals surface area contributed by atoms with Crippen LogP contribution >= 0.6 is 15.9 Å². The third-order valence-electron chi connectivity index (χ3n) is 3.29. The number of hydrogen-bond acceptors (Lipinski definition) is 2.